The van der Waals surface area contributed by atoms with Gasteiger partial charge < -0.3 is 4.42 Å². The highest BCUT2D eigenvalue weighted by molar-refractivity contribution is 5.93. The normalized spacial score (nSPS) is 9.95. The zero-order valence-electron chi connectivity index (χ0n) is 10.5. The van der Waals surface area contributed by atoms with Crippen molar-refractivity contribution in [2.45, 2.75) is 13.3 Å². The molecule has 0 aliphatic carbocycles. The summed E-state index contributed by atoms with van der Waals surface area (Å²) in [4.78, 5) is 23.2. The maximum atomic E-state index is 11.6. The summed E-state index contributed by atoms with van der Waals surface area (Å²) in [5.41, 5.74) is 5.52. The smallest absolute Gasteiger partial charge is 0.305 e. The third kappa shape index (κ3) is 3.70. The van der Waals surface area contributed by atoms with E-state index in [2.05, 4.69) is 10.9 Å². The topological polar surface area (TPSA) is 71.3 Å². The van der Waals surface area contributed by atoms with Crippen LogP contribution in [0.3, 0.4) is 0 Å². The Morgan fingerprint density at radius 2 is 1.79 bits per heavy atom. The molecule has 0 bridgehead atoms. The first kappa shape index (κ1) is 12.9. The molecule has 2 N–H and O–H groups in total. The first-order valence-corrected chi connectivity index (χ1v) is 5.84. The van der Waals surface area contributed by atoms with Gasteiger partial charge in [-0.25, -0.2) is 0 Å². The molecule has 1 heterocycles. The second-order valence-electron chi connectivity index (χ2n) is 4.07. The molecule has 5 heteroatoms. The van der Waals surface area contributed by atoms with Crippen LogP contribution in [0.5, 0.6) is 0 Å². The minimum Gasteiger partial charge on any atom is -0.456 e. The summed E-state index contributed by atoms with van der Waals surface area (Å²) in [6.07, 6.45) is 0.207. The van der Waals surface area contributed by atoms with Gasteiger partial charge in [0.15, 0.2) is 5.76 Å². The Balaban J connectivity index is 1.82. The predicted molar refractivity (Wildman–Crippen MR) is 69.2 cm³/mol. The third-order valence-corrected chi connectivity index (χ3v) is 2.49. The zero-order valence-corrected chi connectivity index (χ0v) is 10.5. The molecule has 2 aromatic rings. The summed E-state index contributed by atoms with van der Waals surface area (Å²) in [5, 5.41) is 0. The van der Waals surface area contributed by atoms with E-state index in [1.165, 1.54) is 0 Å². The van der Waals surface area contributed by atoms with Crippen LogP contribution in [0.4, 0.5) is 0 Å². The summed E-state index contributed by atoms with van der Waals surface area (Å²) in [7, 11) is 0. The zero-order chi connectivity index (χ0) is 13.7. The summed E-state index contributed by atoms with van der Waals surface area (Å²) >= 11 is 0. The lowest BCUT2D eigenvalue weighted by atomic mass is 10.1. The molecule has 0 spiro atoms. The van der Waals surface area contributed by atoms with Gasteiger partial charge in [0, 0.05) is 0 Å². The van der Waals surface area contributed by atoms with Crippen LogP contribution in [0.2, 0.25) is 0 Å². The Labute approximate surface area is 110 Å². The van der Waals surface area contributed by atoms with Crippen molar-refractivity contribution < 1.29 is 14.0 Å². The quantitative estimate of drug-likeness (QED) is 0.821. The predicted octanol–water partition coefficient (Wildman–Crippen LogP) is 1.59. The first-order valence-electron chi connectivity index (χ1n) is 5.84. The van der Waals surface area contributed by atoms with Crippen molar-refractivity contribution in [2.75, 3.05) is 0 Å². The van der Waals surface area contributed by atoms with Crippen LogP contribution < -0.4 is 10.9 Å². The Kier molecular flexibility index (Phi) is 3.97. The Bertz CT molecular complexity index is 575. The van der Waals surface area contributed by atoms with Gasteiger partial charge in [-0.1, -0.05) is 30.3 Å². The number of benzene rings is 1. The van der Waals surface area contributed by atoms with Crippen molar-refractivity contribution in [3.8, 4) is 0 Å². The molecule has 1 aromatic carbocycles. The molecule has 19 heavy (non-hydrogen) atoms. The number of furan rings is 1. The fourth-order valence-electron chi connectivity index (χ4n) is 1.57. The van der Waals surface area contributed by atoms with Gasteiger partial charge in [0.1, 0.15) is 5.76 Å². The molecule has 2 amide bonds. The highest BCUT2D eigenvalue weighted by atomic mass is 16.3. The highest BCUT2D eigenvalue weighted by Gasteiger charge is 2.10. The summed E-state index contributed by atoms with van der Waals surface area (Å²) in [6.45, 7) is 1.74. The Morgan fingerprint density at radius 3 is 2.42 bits per heavy atom. The lowest BCUT2D eigenvalue weighted by molar-refractivity contribution is -0.121. The fourth-order valence-corrected chi connectivity index (χ4v) is 1.57. The average Bonchev–Trinajstić information content (AvgIpc) is 2.84. The number of hydrazine groups is 1. The van der Waals surface area contributed by atoms with E-state index in [0.29, 0.717) is 5.76 Å². The van der Waals surface area contributed by atoms with E-state index in [0.717, 1.165) is 5.56 Å². The molecule has 0 unspecified atom stereocenters. The van der Waals surface area contributed by atoms with Crippen LogP contribution in [0, 0.1) is 6.92 Å². The number of aryl methyl sites for hydroxylation is 1. The van der Waals surface area contributed by atoms with Gasteiger partial charge in [0.2, 0.25) is 5.91 Å². The molecule has 1 aromatic heterocycles. The van der Waals surface area contributed by atoms with Crippen molar-refractivity contribution in [1.82, 2.24) is 10.9 Å². The molecule has 0 saturated heterocycles. The maximum Gasteiger partial charge on any atom is 0.305 e. The fraction of sp³-hybridized carbons (Fsp3) is 0.143. The number of hydrogen-bond donors (Lipinski definition) is 2. The van der Waals surface area contributed by atoms with Crippen LogP contribution in [0.15, 0.2) is 46.9 Å². The average molecular weight is 258 g/mol. The molecule has 98 valence electrons. The standard InChI is InChI=1S/C14H14N2O3/c1-10-7-8-12(19-10)14(18)16-15-13(17)9-11-5-3-2-4-6-11/h2-8H,9H2,1H3,(H,15,17)(H,16,18). The largest absolute Gasteiger partial charge is 0.456 e. The third-order valence-electron chi connectivity index (χ3n) is 2.49. The molecule has 0 atom stereocenters. The van der Waals surface area contributed by atoms with Crippen molar-refractivity contribution >= 4 is 11.8 Å². The molecule has 0 fully saturated rings. The second-order valence-corrected chi connectivity index (χ2v) is 4.07. The van der Waals surface area contributed by atoms with Gasteiger partial charge in [-0.2, -0.15) is 0 Å². The number of rotatable bonds is 3. The van der Waals surface area contributed by atoms with Gasteiger partial charge in [0.05, 0.1) is 6.42 Å². The number of amides is 2. The van der Waals surface area contributed by atoms with Crippen molar-refractivity contribution in [3.63, 3.8) is 0 Å². The minimum atomic E-state index is -0.477. The SMILES string of the molecule is Cc1ccc(C(=O)NNC(=O)Cc2ccccc2)o1. The van der Waals surface area contributed by atoms with Crippen LogP contribution >= 0.6 is 0 Å². The van der Waals surface area contributed by atoms with Crippen LogP contribution in [0.1, 0.15) is 21.9 Å². The molecule has 0 aliphatic heterocycles. The molecule has 0 aliphatic rings. The monoisotopic (exact) mass is 258 g/mol. The van der Waals surface area contributed by atoms with Gasteiger partial charge >= 0.3 is 5.91 Å². The lowest BCUT2D eigenvalue weighted by Crippen LogP contribution is -2.42. The first-order chi connectivity index (χ1) is 9.15. The molecule has 2 rings (SSSR count). The van der Waals surface area contributed by atoms with E-state index in [1.807, 2.05) is 30.3 Å². The van der Waals surface area contributed by atoms with E-state index in [1.54, 1.807) is 19.1 Å². The van der Waals surface area contributed by atoms with Crippen LogP contribution in [0.25, 0.3) is 0 Å². The molecule has 0 saturated carbocycles. The Hall–Kier alpha value is -2.56. The van der Waals surface area contributed by atoms with Gasteiger partial charge in [-0.15, -0.1) is 0 Å². The van der Waals surface area contributed by atoms with E-state index in [-0.39, 0.29) is 18.1 Å². The second kappa shape index (κ2) is 5.86. The van der Waals surface area contributed by atoms with Crippen molar-refractivity contribution in [3.05, 3.63) is 59.5 Å². The highest BCUT2D eigenvalue weighted by Crippen LogP contribution is 2.05. The number of carbonyl (C=O) groups excluding carboxylic acids is 2. The lowest BCUT2D eigenvalue weighted by Gasteiger charge is -2.05. The molecular formula is C14H14N2O3. The van der Waals surface area contributed by atoms with Crippen molar-refractivity contribution in [1.29, 1.82) is 0 Å². The van der Waals surface area contributed by atoms with E-state index in [4.69, 9.17) is 4.42 Å². The number of carbonyl (C=O) groups is 2. The molecular weight excluding hydrogens is 244 g/mol. The van der Waals surface area contributed by atoms with Crippen molar-refractivity contribution in [2.24, 2.45) is 0 Å². The maximum absolute atomic E-state index is 11.6. The van der Waals surface area contributed by atoms with E-state index < -0.39 is 5.91 Å². The summed E-state index contributed by atoms with van der Waals surface area (Å²) in [5.74, 6) is 0.0376. The van der Waals surface area contributed by atoms with Crippen LogP contribution in [-0.2, 0) is 11.2 Å². The van der Waals surface area contributed by atoms with Gasteiger partial charge in [0.25, 0.3) is 0 Å². The number of hydrogen-bond acceptors (Lipinski definition) is 3. The number of nitrogens with one attached hydrogen (secondary N) is 2. The van der Waals surface area contributed by atoms with E-state index >= 15 is 0 Å². The summed E-state index contributed by atoms with van der Waals surface area (Å²) < 4.78 is 5.13. The van der Waals surface area contributed by atoms with Gasteiger partial charge in [-0.05, 0) is 24.6 Å². The molecule has 5 nitrogen and oxygen atoms in total. The van der Waals surface area contributed by atoms with E-state index in [9.17, 15) is 9.59 Å². The van der Waals surface area contributed by atoms with Crippen LogP contribution in [-0.4, -0.2) is 11.8 Å². The summed E-state index contributed by atoms with van der Waals surface area (Å²) in [6, 6.07) is 12.5. The molecule has 0 radical (unpaired) electrons. The minimum absolute atomic E-state index is 0.164. The van der Waals surface area contributed by atoms with Gasteiger partial charge in [-0.3, -0.25) is 20.4 Å². The Morgan fingerprint density at radius 1 is 1.05 bits per heavy atom.